The van der Waals surface area contributed by atoms with Gasteiger partial charge in [0.25, 0.3) is 0 Å². The van der Waals surface area contributed by atoms with Gasteiger partial charge >= 0.3 is 0 Å². The highest BCUT2D eigenvalue weighted by Crippen LogP contribution is 2.59. The third-order valence-corrected chi connectivity index (χ3v) is 7.50. The lowest BCUT2D eigenvalue weighted by Crippen LogP contribution is -2.49. The van der Waals surface area contributed by atoms with Crippen LogP contribution in [0.4, 0.5) is 0 Å². The first-order chi connectivity index (χ1) is 12.4. The van der Waals surface area contributed by atoms with Crippen LogP contribution in [0.2, 0.25) is 0 Å². The average Bonchev–Trinajstić information content (AvgIpc) is 2.63. The molecule has 1 heterocycles. The monoisotopic (exact) mass is 381 g/mol. The summed E-state index contributed by atoms with van der Waals surface area (Å²) in [5.41, 5.74) is 0.343. The smallest absolute Gasteiger partial charge is 0.217 e. The molecule has 1 unspecified atom stereocenters. The van der Waals surface area contributed by atoms with Crippen molar-refractivity contribution < 1.29 is 22.1 Å². The van der Waals surface area contributed by atoms with Crippen molar-refractivity contribution in [1.29, 1.82) is 0 Å². The van der Waals surface area contributed by atoms with Gasteiger partial charge in [-0.15, -0.1) is 0 Å². The molecule has 3 fully saturated rings. The van der Waals surface area contributed by atoms with Crippen molar-refractivity contribution in [3.63, 3.8) is 0 Å². The fourth-order valence-corrected chi connectivity index (χ4v) is 6.26. The van der Waals surface area contributed by atoms with Crippen LogP contribution in [0.3, 0.4) is 0 Å². The molecule has 4 rings (SSSR count). The Labute approximate surface area is 157 Å². The van der Waals surface area contributed by atoms with E-state index in [2.05, 4.69) is 11.9 Å². The first-order valence-electron chi connectivity index (χ1n) is 9.94. The third-order valence-electron chi connectivity index (χ3n) is 6.99. The molecule has 0 saturated heterocycles. The Balaban J connectivity index is 0.000000278. The Morgan fingerprint density at radius 1 is 1.04 bits per heavy atom. The second-order valence-corrected chi connectivity index (χ2v) is 9.42. The zero-order valence-electron chi connectivity index (χ0n) is 15.6. The molecule has 5 nitrogen and oxygen atoms in total. The van der Waals surface area contributed by atoms with Gasteiger partial charge in [0.15, 0.2) is 12.4 Å². The van der Waals surface area contributed by atoms with Crippen molar-refractivity contribution in [2.45, 2.75) is 70.8 Å². The maximum absolute atomic E-state index is 10.8. The van der Waals surface area contributed by atoms with Crippen LogP contribution in [0.15, 0.2) is 30.6 Å². The molecule has 1 aromatic rings. The number of fused-ring (bicyclic) bond motifs is 3. The molecule has 3 aliphatic carbocycles. The highest BCUT2D eigenvalue weighted by atomic mass is 32.3. The van der Waals surface area contributed by atoms with E-state index >= 15 is 0 Å². The second-order valence-electron chi connectivity index (χ2n) is 8.41. The molecule has 6 heteroatoms. The minimum atomic E-state index is -4.55. The number of hydrogen-bond acceptors (Lipinski definition) is 4. The van der Waals surface area contributed by atoms with Gasteiger partial charge < -0.3 is 4.55 Å². The van der Waals surface area contributed by atoms with Gasteiger partial charge in [-0.05, 0) is 61.7 Å². The van der Waals surface area contributed by atoms with Crippen LogP contribution in [-0.4, -0.2) is 19.1 Å². The second kappa shape index (κ2) is 8.36. The van der Waals surface area contributed by atoms with Crippen molar-refractivity contribution in [3.05, 3.63) is 30.6 Å². The van der Waals surface area contributed by atoms with E-state index in [-0.39, 0.29) is 6.10 Å². The number of aromatic nitrogens is 1. The molecule has 0 aliphatic heterocycles. The number of aromatic amines is 1. The van der Waals surface area contributed by atoms with E-state index in [1.165, 1.54) is 38.5 Å². The van der Waals surface area contributed by atoms with Crippen LogP contribution < -0.4 is 4.98 Å². The Hall–Kier alpha value is -0.980. The molecule has 146 valence electrons. The lowest BCUT2D eigenvalue weighted by Gasteiger charge is -2.56. The average molecular weight is 382 g/mol. The van der Waals surface area contributed by atoms with Gasteiger partial charge in [0.1, 0.15) is 0 Å². The molecule has 5 atom stereocenters. The molecule has 3 saturated carbocycles. The van der Waals surface area contributed by atoms with Crippen molar-refractivity contribution in [3.8, 4) is 0 Å². The number of pyridine rings is 1. The summed E-state index contributed by atoms with van der Waals surface area (Å²) in [6.45, 7) is 2.40. The SMILES string of the molecule is C[C@]12CC[C@@H](OS(=O)(=O)[O-])C[C@H]1CC[C@H]1CCCCC12.c1cc[nH+]cc1. The van der Waals surface area contributed by atoms with Crippen LogP contribution in [0.5, 0.6) is 0 Å². The van der Waals surface area contributed by atoms with Crippen LogP contribution in [0, 0.1) is 23.2 Å². The quantitative estimate of drug-likeness (QED) is 0.577. The summed E-state index contributed by atoms with van der Waals surface area (Å²) in [6, 6.07) is 5.86. The largest absolute Gasteiger partial charge is 0.726 e. The molecule has 1 aromatic heterocycles. The summed E-state index contributed by atoms with van der Waals surface area (Å²) in [5.74, 6) is 2.22. The predicted octanol–water partition coefficient (Wildman–Crippen LogP) is 3.74. The summed E-state index contributed by atoms with van der Waals surface area (Å²) < 4.78 is 37.1. The van der Waals surface area contributed by atoms with Crippen LogP contribution in [-0.2, 0) is 14.6 Å². The molecule has 0 spiro atoms. The number of nitrogens with one attached hydrogen (secondary N) is 1. The molecular weight excluding hydrogens is 350 g/mol. The number of hydrogen-bond donors (Lipinski definition) is 0. The van der Waals surface area contributed by atoms with Gasteiger partial charge in [0.2, 0.25) is 10.4 Å². The summed E-state index contributed by atoms with van der Waals surface area (Å²) in [4.78, 5) is 2.89. The Kier molecular flexibility index (Phi) is 6.36. The molecule has 0 bridgehead atoms. The number of H-pyrrole nitrogens is 1. The van der Waals surface area contributed by atoms with Crippen molar-refractivity contribution >= 4 is 10.4 Å². The van der Waals surface area contributed by atoms with Crippen molar-refractivity contribution in [2.75, 3.05) is 0 Å². The number of rotatable bonds is 2. The maximum atomic E-state index is 10.8. The van der Waals surface area contributed by atoms with E-state index in [0.717, 1.165) is 31.1 Å². The van der Waals surface area contributed by atoms with E-state index in [9.17, 15) is 13.0 Å². The zero-order valence-corrected chi connectivity index (χ0v) is 16.4. The Morgan fingerprint density at radius 2 is 1.77 bits per heavy atom. The molecular formula is C20H31NO4S. The van der Waals surface area contributed by atoms with Gasteiger partial charge in [-0.25, -0.2) is 13.4 Å². The molecule has 0 amide bonds. The van der Waals surface area contributed by atoms with Gasteiger partial charge in [-0.1, -0.05) is 32.3 Å². The highest BCUT2D eigenvalue weighted by molar-refractivity contribution is 7.80. The first-order valence-corrected chi connectivity index (χ1v) is 11.3. The molecule has 0 aromatic carbocycles. The standard InChI is InChI=1S/C15H26O4S.C5H5N/c1-15-9-8-13(19-20(16,17)18)10-12(15)7-6-11-4-2-3-5-14(11)15;1-2-4-6-5-3-1/h11-14H,2-10H2,1H3,(H,16,17,18);1-5H/t11-,12-,13-,14?,15+;/m1./s1. The predicted molar refractivity (Wildman–Crippen MR) is 97.7 cm³/mol. The third kappa shape index (κ3) is 4.84. The van der Waals surface area contributed by atoms with Gasteiger partial charge in [-0.2, -0.15) is 0 Å². The minimum absolute atomic E-state index is 0.343. The normalized spacial score (nSPS) is 36.8. The molecule has 26 heavy (non-hydrogen) atoms. The minimum Gasteiger partial charge on any atom is -0.726 e. The van der Waals surface area contributed by atoms with Crippen LogP contribution in [0.25, 0.3) is 0 Å². The fourth-order valence-electron chi connectivity index (χ4n) is 5.75. The van der Waals surface area contributed by atoms with Crippen molar-refractivity contribution in [1.82, 2.24) is 0 Å². The van der Waals surface area contributed by atoms with Crippen molar-refractivity contribution in [2.24, 2.45) is 23.2 Å². The van der Waals surface area contributed by atoms with Gasteiger partial charge in [-0.3, -0.25) is 4.18 Å². The lowest BCUT2D eigenvalue weighted by atomic mass is 9.49. The summed E-state index contributed by atoms with van der Waals surface area (Å²) in [7, 11) is -4.55. The Bertz CT molecular complexity index is 639. The van der Waals surface area contributed by atoms with E-state index in [1.807, 2.05) is 30.6 Å². The highest BCUT2D eigenvalue weighted by Gasteiger charge is 2.51. The van der Waals surface area contributed by atoms with E-state index in [1.54, 1.807) is 0 Å². The molecule has 1 N–H and O–H groups in total. The lowest BCUT2D eigenvalue weighted by molar-refractivity contribution is -0.377. The summed E-state index contributed by atoms with van der Waals surface area (Å²) >= 11 is 0. The zero-order chi connectivity index (χ0) is 18.6. The fraction of sp³-hybridized carbons (Fsp3) is 0.750. The van der Waals surface area contributed by atoms with E-state index < -0.39 is 10.4 Å². The molecule has 3 aliphatic rings. The van der Waals surface area contributed by atoms with Crippen LogP contribution >= 0.6 is 0 Å². The summed E-state index contributed by atoms with van der Waals surface area (Å²) in [5, 5.41) is 0. The van der Waals surface area contributed by atoms with E-state index in [0.29, 0.717) is 11.3 Å². The Morgan fingerprint density at radius 3 is 2.38 bits per heavy atom. The summed E-state index contributed by atoms with van der Waals surface area (Å²) in [6.07, 6.45) is 13.7. The van der Waals surface area contributed by atoms with Crippen LogP contribution in [0.1, 0.15) is 64.7 Å². The topological polar surface area (TPSA) is 80.6 Å². The van der Waals surface area contributed by atoms with E-state index in [4.69, 9.17) is 4.18 Å². The first kappa shape index (κ1) is 19.8. The molecule has 0 radical (unpaired) electrons. The van der Waals surface area contributed by atoms with Gasteiger partial charge in [0, 0.05) is 12.1 Å². The maximum Gasteiger partial charge on any atom is 0.217 e. The van der Waals surface area contributed by atoms with Gasteiger partial charge in [0.05, 0.1) is 6.10 Å².